The standard InChI is InChI=1S/C26H35F2N3O3/c1-15(2)34-20-6-7-22-21(12-20)25(14-33-26(22,4)5)30-13-23(29)24(31-16(3)32)10-17-8-18(27)11-19(28)9-17/h6-9,11-12,15,23-25,30H,10,13-14,29H2,1-5H3,(H,31,32). The van der Waals surface area contributed by atoms with Crippen molar-refractivity contribution in [3.63, 3.8) is 0 Å². The van der Waals surface area contributed by atoms with E-state index in [9.17, 15) is 13.6 Å². The summed E-state index contributed by atoms with van der Waals surface area (Å²) in [6, 6.07) is 8.17. The van der Waals surface area contributed by atoms with E-state index in [-0.39, 0.29) is 24.5 Å². The Morgan fingerprint density at radius 1 is 1.21 bits per heavy atom. The third-order valence-corrected chi connectivity index (χ3v) is 5.91. The molecule has 4 N–H and O–H groups in total. The van der Waals surface area contributed by atoms with E-state index in [1.54, 1.807) is 0 Å². The second-order valence-corrected chi connectivity index (χ2v) is 9.65. The van der Waals surface area contributed by atoms with Crippen LogP contribution in [0.1, 0.15) is 57.4 Å². The first-order valence-electron chi connectivity index (χ1n) is 11.6. The molecule has 0 radical (unpaired) electrons. The lowest BCUT2D eigenvalue weighted by atomic mass is 9.86. The van der Waals surface area contributed by atoms with Gasteiger partial charge in [-0.3, -0.25) is 4.79 Å². The van der Waals surface area contributed by atoms with Crippen LogP contribution in [-0.2, 0) is 21.6 Å². The van der Waals surface area contributed by atoms with E-state index >= 15 is 0 Å². The van der Waals surface area contributed by atoms with Gasteiger partial charge >= 0.3 is 0 Å². The summed E-state index contributed by atoms with van der Waals surface area (Å²) in [4.78, 5) is 11.8. The summed E-state index contributed by atoms with van der Waals surface area (Å²) < 4.78 is 39.3. The van der Waals surface area contributed by atoms with Crippen LogP contribution in [0.5, 0.6) is 5.75 Å². The third kappa shape index (κ3) is 6.74. The summed E-state index contributed by atoms with van der Waals surface area (Å²) in [7, 11) is 0. The highest BCUT2D eigenvalue weighted by atomic mass is 19.1. The molecule has 0 spiro atoms. The van der Waals surface area contributed by atoms with Gasteiger partial charge in [-0.15, -0.1) is 0 Å². The minimum atomic E-state index is -0.665. The highest BCUT2D eigenvalue weighted by Gasteiger charge is 2.34. The molecule has 1 aliphatic heterocycles. The number of carbonyl (C=O) groups excluding carboxylic acids is 1. The number of hydrogen-bond acceptors (Lipinski definition) is 5. The summed E-state index contributed by atoms with van der Waals surface area (Å²) in [5, 5.41) is 6.27. The van der Waals surface area contributed by atoms with Crippen molar-refractivity contribution in [2.24, 2.45) is 5.73 Å². The van der Waals surface area contributed by atoms with Gasteiger partial charge in [-0.05, 0) is 75.1 Å². The quantitative estimate of drug-likeness (QED) is 0.515. The van der Waals surface area contributed by atoms with E-state index in [0.717, 1.165) is 22.9 Å². The smallest absolute Gasteiger partial charge is 0.217 e. The largest absolute Gasteiger partial charge is 0.491 e. The molecule has 34 heavy (non-hydrogen) atoms. The predicted molar refractivity (Wildman–Crippen MR) is 128 cm³/mol. The first-order valence-corrected chi connectivity index (χ1v) is 11.6. The maximum absolute atomic E-state index is 13.7. The van der Waals surface area contributed by atoms with E-state index in [0.29, 0.717) is 18.7 Å². The number of amides is 1. The van der Waals surface area contributed by atoms with Crippen molar-refractivity contribution in [2.45, 2.75) is 70.9 Å². The molecule has 0 aliphatic carbocycles. The van der Waals surface area contributed by atoms with Crippen LogP contribution in [0.15, 0.2) is 36.4 Å². The van der Waals surface area contributed by atoms with Crippen LogP contribution >= 0.6 is 0 Å². The number of nitrogens with one attached hydrogen (secondary N) is 2. The Morgan fingerprint density at radius 3 is 2.50 bits per heavy atom. The molecule has 2 aromatic carbocycles. The third-order valence-electron chi connectivity index (χ3n) is 5.91. The van der Waals surface area contributed by atoms with E-state index in [1.165, 1.54) is 19.1 Å². The van der Waals surface area contributed by atoms with Crippen molar-refractivity contribution < 1.29 is 23.0 Å². The molecule has 0 saturated carbocycles. The van der Waals surface area contributed by atoms with Crippen molar-refractivity contribution in [1.82, 2.24) is 10.6 Å². The summed E-state index contributed by atoms with van der Waals surface area (Å²) in [5.74, 6) is -0.810. The van der Waals surface area contributed by atoms with Gasteiger partial charge < -0.3 is 25.8 Å². The monoisotopic (exact) mass is 475 g/mol. The molecule has 0 bridgehead atoms. The van der Waals surface area contributed by atoms with Crippen molar-refractivity contribution in [3.05, 3.63) is 64.7 Å². The van der Waals surface area contributed by atoms with Crippen LogP contribution in [0.2, 0.25) is 0 Å². The molecular weight excluding hydrogens is 440 g/mol. The molecule has 1 heterocycles. The van der Waals surface area contributed by atoms with Gasteiger partial charge in [0, 0.05) is 31.6 Å². The minimum absolute atomic E-state index is 0.0526. The van der Waals surface area contributed by atoms with E-state index in [4.69, 9.17) is 15.2 Å². The average Bonchev–Trinajstić information content (AvgIpc) is 2.71. The summed E-state index contributed by atoms with van der Waals surface area (Å²) >= 11 is 0. The van der Waals surface area contributed by atoms with Gasteiger partial charge in [0.15, 0.2) is 0 Å². The Morgan fingerprint density at radius 2 is 1.88 bits per heavy atom. The summed E-state index contributed by atoms with van der Waals surface area (Å²) in [6.07, 6.45) is 0.255. The van der Waals surface area contributed by atoms with E-state index in [2.05, 4.69) is 10.6 Å². The van der Waals surface area contributed by atoms with Gasteiger partial charge in [-0.25, -0.2) is 8.78 Å². The topological polar surface area (TPSA) is 85.6 Å². The Kier molecular flexibility index (Phi) is 8.28. The Bertz CT molecular complexity index is 993. The lowest BCUT2D eigenvalue weighted by Crippen LogP contribution is -2.53. The zero-order valence-electron chi connectivity index (χ0n) is 20.5. The molecule has 1 amide bonds. The molecule has 3 unspecified atom stereocenters. The van der Waals surface area contributed by atoms with E-state index < -0.39 is 29.3 Å². The first kappa shape index (κ1) is 26.1. The molecule has 0 saturated heterocycles. The number of halogens is 2. The second-order valence-electron chi connectivity index (χ2n) is 9.65. The van der Waals surface area contributed by atoms with Crippen LogP contribution in [0.4, 0.5) is 8.78 Å². The van der Waals surface area contributed by atoms with Crippen molar-refractivity contribution in [1.29, 1.82) is 0 Å². The predicted octanol–water partition coefficient (Wildman–Crippen LogP) is 3.72. The Hall–Kier alpha value is -2.55. The van der Waals surface area contributed by atoms with Crippen LogP contribution in [0.25, 0.3) is 0 Å². The molecule has 2 aromatic rings. The first-order chi connectivity index (χ1) is 15.9. The fraction of sp³-hybridized carbons (Fsp3) is 0.500. The fourth-order valence-electron chi connectivity index (χ4n) is 4.32. The molecular formula is C26H35F2N3O3. The van der Waals surface area contributed by atoms with Gasteiger partial charge in [0.25, 0.3) is 0 Å². The maximum atomic E-state index is 13.7. The zero-order chi connectivity index (χ0) is 25.0. The number of rotatable bonds is 9. The van der Waals surface area contributed by atoms with Crippen LogP contribution in [0, 0.1) is 11.6 Å². The molecule has 3 atom stereocenters. The number of fused-ring (bicyclic) bond motifs is 1. The Labute approximate surface area is 200 Å². The average molecular weight is 476 g/mol. The Balaban J connectivity index is 1.76. The van der Waals surface area contributed by atoms with Gasteiger partial charge in [0.1, 0.15) is 17.4 Å². The molecule has 8 heteroatoms. The van der Waals surface area contributed by atoms with Gasteiger partial charge in [-0.1, -0.05) is 6.07 Å². The molecule has 1 aliphatic rings. The highest BCUT2D eigenvalue weighted by Crippen LogP contribution is 2.38. The van der Waals surface area contributed by atoms with Crippen molar-refractivity contribution in [2.75, 3.05) is 13.2 Å². The molecule has 186 valence electrons. The zero-order valence-corrected chi connectivity index (χ0v) is 20.5. The molecule has 0 aromatic heterocycles. The van der Waals surface area contributed by atoms with E-state index in [1.807, 2.05) is 45.9 Å². The van der Waals surface area contributed by atoms with Crippen molar-refractivity contribution >= 4 is 5.91 Å². The lowest BCUT2D eigenvalue weighted by molar-refractivity contribution is -0.119. The van der Waals surface area contributed by atoms with Gasteiger partial charge in [0.2, 0.25) is 5.91 Å². The maximum Gasteiger partial charge on any atom is 0.217 e. The second kappa shape index (κ2) is 10.8. The molecule has 3 rings (SSSR count). The SMILES string of the molecule is CC(=O)NC(Cc1cc(F)cc(F)c1)C(N)CNC1COC(C)(C)c2ccc(OC(C)C)cc21. The number of ether oxygens (including phenoxy) is 2. The van der Waals surface area contributed by atoms with Crippen molar-refractivity contribution in [3.8, 4) is 5.75 Å². The number of nitrogens with two attached hydrogens (primary N) is 1. The summed E-state index contributed by atoms with van der Waals surface area (Å²) in [5.41, 5.74) is 8.57. The number of carbonyl (C=O) groups is 1. The highest BCUT2D eigenvalue weighted by molar-refractivity contribution is 5.73. The minimum Gasteiger partial charge on any atom is -0.491 e. The van der Waals surface area contributed by atoms with Gasteiger partial charge in [0.05, 0.1) is 24.4 Å². The van der Waals surface area contributed by atoms with Crippen LogP contribution in [-0.4, -0.2) is 37.2 Å². The normalized spacial score (nSPS) is 18.8. The van der Waals surface area contributed by atoms with Crippen LogP contribution in [0.3, 0.4) is 0 Å². The fourth-order valence-corrected chi connectivity index (χ4v) is 4.32. The molecule has 6 nitrogen and oxygen atoms in total. The lowest BCUT2D eigenvalue weighted by Gasteiger charge is -2.38. The van der Waals surface area contributed by atoms with Crippen LogP contribution < -0.4 is 21.1 Å². The number of hydrogen-bond donors (Lipinski definition) is 3. The molecule has 0 fully saturated rings. The summed E-state index contributed by atoms with van der Waals surface area (Å²) in [6.45, 7) is 10.2. The van der Waals surface area contributed by atoms with Gasteiger partial charge in [-0.2, -0.15) is 0 Å². The number of benzene rings is 2.